The second-order valence-electron chi connectivity index (χ2n) is 9.50. The highest BCUT2D eigenvalue weighted by Crippen LogP contribution is 2.46. The van der Waals surface area contributed by atoms with E-state index in [4.69, 9.17) is 24.7 Å². The molecule has 0 bridgehead atoms. The summed E-state index contributed by atoms with van der Waals surface area (Å²) in [4.78, 5) is 0. The molecule has 0 fully saturated rings. The second kappa shape index (κ2) is 9.93. The van der Waals surface area contributed by atoms with Gasteiger partial charge < -0.3 is 0 Å². The summed E-state index contributed by atoms with van der Waals surface area (Å²) >= 11 is 0. The minimum atomic E-state index is -1.11. The van der Waals surface area contributed by atoms with Crippen LogP contribution in [0, 0.1) is 0 Å². The second-order valence-corrected chi connectivity index (χ2v) is 9.50. The van der Waals surface area contributed by atoms with Gasteiger partial charge in [0.25, 0.3) is 0 Å². The molecular weight excluding hydrogens is 528 g/mol. The highest BCUT2D eigenvalue weighted by atomic mass is 14.2. The number of hydrogen-bond acceptors (Lipinski definition) is 0. The Bertz CT molecular complexity index is 4010. The number of benzene rings is 9. The maximum Gasteiger partial charge on any atom is 0.0636 e. The third kappa shape index (κ3) is 3.85. The van der Waals surface area contributed by atoms with E-state index in [0.717, 1.165) is 0 Å². The molecule has 0 radical (unpaired) electrons. The fourth-order valence-electron chi connectivity index (χ4n) is 5.25. The first-order valence-electron chi connectivity index (χ1n) is 27.0. The molecule has 0 saturated carbocycles. The fourth-order valence-corrected chi connectivity index (χ4v) is 5.25. The van der Waals surface area contributed by atoms with Crippen molar-refractivity contribution >= 4 is 53.9 Å². The Morgan fingerprint density at radius 3 is 1.39 bits per heavy atom. The predicted octanol–water partition coefficient (Wildman–Crippen LogP) is 12.5. The van der Waals surface area contributed by atoms with Crippen LogP contribution in [0.4, 0.5) is 0 Å². The smallest absolute Gasteiger partial charge is 0.0616 e. The Balaban J connectivity index is 1.60. The number of rotatable bonds is 3. The van der Waals surface area contributed by atoms with Gasteiger partial charge in [-0.15, -0.1) is 0 Å². The largest absolute Gasteiger partial charge is 0.0636 e. The summed E-state index contributed by atoms with van der Waals surface area (Å²) < 4.78 is 251. The zero-order chi connectivity index (χ0) is 53.4. The maximum absolute atomic E-state index is 9.76. The van der Waals surface area contributed by atoms with Crippen molar-refractivity contribution in [3.8, 4) is 33.4 Å². The van der Waals surface area contributed by atoms with E-state index in [1.165, 1.54) is 0 Å². The van der Waals surface area contributed by atoms with E-state index in [2.05, 4.69) is 0 Å². The van der Waals surface area contributed by atoms with Crippen LogP contribution in [0.25, 0.3) is 87.2 Å². The fraction of sp³-hybridized carbons (Fsp3) is 0. The molecule has 0 spiro atoms. The van der Waals surface area contributed by atoms with Gasteiger partial charge in [-0.2, -0.15) is 0 Å². The molecule has 9 aromatic rings. The van der Waals surface area contributed by atoms with E-state index in [1.54, 1.807) is 0 Å². The molecule has 0 heterocycles. The zero-order valence-electron chi connectivity index (χ0n) is 50.0. The van der Waals surface area contributed by atoms with E-state index < -0.39 is 256 Å². The molecule has 0 nitrogen and oxygen atoms in total. The molecule has 0 saturated heterocycles. The van der Waals surface area contributed by atoms with Crippen LogP contribution in [-0.2, 0) is 0 Å². The average Bonchev–Trinajstić information content (AvgIpc) is 3.35. The number of hydrogen-bond donors (Lipinski definition) is 0. The van der Waals surface area contributed by atoms with Crippen molar-refractivity contribution in [2.75, 3.05) is 0 Å². The molecule has 0 unspecified atom stereocenters. The quantitative estimate of drug-likeness (QED) is 0.143. The van der Waals surface area contributed by atoms with Crippen LogP contribution in [0.3, 0.4) is 0 Å². The van der Waals surface area contributed by atoms with E-state index in [1.807, 2.05) is 0 Å². The van der Waals surface area contributed by atoms with Crippen LogP contribution in [0.15, 0.2) is 169 Å². The first kappa shape index (κ1) is 9.64. The van der Waals surface area contributed by atoms with Crippen molar-refractivity contribution in [2.45, 2.75) is 0 Å². The Morgan fingerprint density at radius 2 is 0.727 bits per heavy atom. The monoisotopic (exact) mass is 584 g/mol. The van der Waals surface area contributed by atoms with Gasteiger partial charge in [-0.25, -0.2) is 0 Å². The Kier molecular flexibility index (Phi) is 2.18. The van der Waals surface area contributed by atoms with Crippen molar-refractivity contribution < 1.29 is 38.4 Å². The molecule has 204 valence electrons. The van der Waals surface area contributed by atoms with Crippen LogP contribution in [-0.4, -0.2) is 0 Å². The van der Waals surface area contributed by atoms with Gasteiger partial charge >= 0.3 is 0 Å². The minimum absolute atomic E-state index is 0.543. The standard InChI is InChI=1S/C44H28/c1-2-12-32-27-33(26-23-29(32)11-1)30-21-24-31(25-22-30)43-38-17-7-9-19-40(38)44(41-20-10-8-18-39(41)43)42-28-34-13-3-4-14-35(34)36-15-5-6-16-37(36)42/h1-28H/i1D,2D,3D,4D,5D,6D,7D,8D,9D,10D,11D,12D,13D,14D,15D,16D,17D,18D,19D,20D,21D,22D,23D,24D,25D,26D,27D,28D. The molecule has 0 aliphatic heterocycles. The van der Waals surface area contributed by atoms with Crippen LogP contribution in [0.1, 0.15) is 38.4 Å². The molecule has 0 atom stereocenters. The van der Waals surface area contributed by atoms with Crippen LogP contribution in [0.5, 0.6) is 0 Å². The van der Waals surface area contributed by atoms with Gasteiger partial charge in [-0.05, 0) is 99.3 Å². The van der Waals surface area contributed by atoms with Gasteiger partial charge in [0.05, 0.1) is 38.4 Å². The predicted molar refractivity (Wildman–Crippen MR) is 190 cm³/mol. The topological polar surface area (TPSA) is 0 Å². The van der Waals surface area contributed by atoms with Crippen molar-refractivity contribution in [3.05, 3.63) is 169 Å². The maximum atomic E-state index is 9.76. The summed E-state index contributed by atoms with van der Waals surface area (Å²) in [5.74, 6) is 0. The summed E-state index contributed by atoms with van der Waals surface area (Å²) in [6.45, 7) is 0. The third-order valence-electron chi connectivity index (χ3n) is 7.12. The van der Waals surface area contributed by atoms with Crippen molar-refractivity contribution in [1.29, 1.82) is 0 Å². The van der Waals surface area contributed by atoms with Crippen molar-refractivity contribution in [2.24, 2.45) is 0 Å². The normalized spacial score (nSPS) is 20.5. The van der Waals surface area contributed by atoms with Crippen LogP contribution < -0.4 is 0 Å². The lowest BCUT2D eigenvalue weighted by molar-refractivity contribution is 1.63. The highest BCUT2D eigenvalue weighted by molar-refractivity contribution is 6.25. The van der Waals surface area contributed by atoms with Gasteiger partial charge in [-0.1, -0.05) is 157 Å². The van der Waals surface area contributed by atoms with Gasteiger partial charge in [0.1, 0.15) is 0 Å². The summed E-state index contributed by atoms with van der Waals surface area (Å²) in [5, 5.41) is -6.68. The SMILES string of the molecule is [2H]c1c([2H])c(-c2c3c([2H])c([2H])c([2H])c([2H])c3c(-c3c([2H])c4c([2H])c([2H])c([2H])c([2H])c4c4c([2H])c([2H])c([2H])c([2H])c34)c3c([2H])c([2H])c([2H])c([2H])c23)c([2H])c([2H])c1-c1c([2H])c([2H])c2c([2H])c([2H])c([2H])c([2H])c2c1[2H]. The van der Waals surface area contributed by atoms with Gasteiger partial charge in [0.15, 0.2) is 0 Å². The lowest BCUT2D eigenvalue weighted by atomic mass is 9.83. The Morgan fingerprint density at radius 1 is 0.273 bits per heavy atom. The molecule has 0 aliphatic rings. The molecule has 0 aromatic heterocycles. The molecule has 44 heavy (non-hydrogen) atoms. The molecular formula is C44H28. The van der Waals surface area contributed by atoms with Gasteiger partial charge in [0.2, 0.25) is 0 Å². The third-order valence-corrected chi connectivity index (χ3v) is 7.12. The summed E-state index contributed by atoms with van der Waals surface area (Å²) in [6.07, 6.45) is 0. The average molecular weight is 585 g/mol. The number of fused-ring (bicyclic) bond motifs is 6. The van der Waals surface area contributed by atoms with Gasteiger partial charge in [0, 0.05) is 0 Å². The molecule has 9 aromatic carbocycles. The zero-order valence-corrected chi connectivity index (χ0v) is 22.0. The molecule has 0 heteroatoms. The lowest BCUT2D eigenvalue weighted by Crippen LogP contribution is -1.92. The van der Waals surface area contributed by atoms with E-state index in [0.29, 0.717) is 0 Å². The van der Waals surface area contributed by atoms with E-state index >= 15 is 0 Å². The Labute approximate surface area is 295 Å². The van der Waals surface area contributed by atoms with Crippen molar-refractivity contribution in [3.63, 3.8) is 0 Å². The molecule has 0 amide bonds. The first-order valence-corrected chi connectivity index (χ1v) is 13.0. The first-order chi connectivity index (χ1) is 33.5. The molecule has 0 N–H and O–H groups in total. The Hall–Kier alpha value is -5.72. The van der Waals surface area contributed by atoms with Crippen LogP contribution in [0.2, 0.25) is 0 Å². The van der Waals surface area contributed by atoms with Crippen LogP contribution >= 0.6 is 0 Å². The van der Waals surface area contributed by atoms with E-state index in [9.17, 15) is 13.7 Å². The van der Waals surface area contributed by atoms with E-state index in [-0.39, 0.29) is 0 Å². The lowest BCUT2D eigenvalue weighted by Gasteiger charge is -2.19. The minimum Gasteiger partial charge on any atom is -0.0616 e. The van der Waals surface area contributed by atoms with Crippen molar-refractivity contribution in [1.82, 2.24) is 0 Å². The van der Waals surface area contributed by atoms with Gasteiger partial charge in [-0.3, -0.25) is 0 Å². The summed E-state index contributed by atoms with van der Waals surface area (Å²) in [5.41, 5.74) is -4.75. The summed E-state index contributed by atoms with van der Waals surface area (Å²) in [6, 6.07) is -26.5. The molecule has 0 aliphatic carbocycles. The molecule has 9 rings (SSSR count). The summed E-state index contributed by atoms with van der Waals surface area (Å²) in [7, 11) is 0. The highest BCUT2D eigenvalue weighted by Gasteiger charge is 2.18.